The van der Waals surface area contributed by atoms with Crippen LogP contribution in [0.25, 0.3) is 10.2 Å². The Morgan fingerprint density at radius 3 is 2.37 bits per heavy atom. The van der Waals surface area contributed by atoms with Crippen molar-refractivity contribution in [3.63, 3.8) is 0 Å². The van der Waals surface area contributed by atoms with Crippen molar-refractivity contribution < 1.29 is 0 Å². The third-order valence-electron chi connectivity index (χ3n) is 7.55. The normalized spacial score (nSPS) is 14.7. The fourth-order valence-corrected chi connectivity index (χ4v) is 6.27. The number of anilines is 3. The van der Waals surface area contributed by atoms with E-state index in [1.807, 2.05) is 37.1 Å². The molecule has 0 aliphatic carbocycles. The Balaban J connectivity index is 1.20. The van der Waals surface area contributed by atoms with E-state index in [9.17, 15) is 0 Å². The average Bonchev–Trinajstić information content (AvgIpc) is 3.58. The summed E-state index contributed by atoms with van der Waals surface area (Å²) in [5, 5.41) is 1.12. The van der Waals surface area contributed by atoms with E-state index in [0.717, 1.165) is 61.0 Å². The number of likely N-dealkylation sites (tertiary alicyclic amines) is 1. The number of para-hydroxylation sites is 1. The van der Waals surface area contributed by atoms with Gasteiger partial charge in [0.1, 0.15) is 0 Å². The minimum atomic E-state index is 0.456. The number of imidazole rings is 1. The number of benzene rings is 2. The molecule has 5 aromatic rings. The second-order valence-corrected chi connectivity index (χ2v) is 11.0. The monoisotopic (exact) mass is 523 g/mol. The lowest BCUT2D eigenvalue weighted by Gasteiger charge is -2.38. The lowest BCUT2D eigenvalue weighted by atomic mass is 10.0. The first kappa shape index (κ1) is 24.6. The quantitative estimate of drug-likeness (QED) is 0.254. The topological polar surface area (TPSA) is 53.3 Å². The van der Waals surface area contributed by atoms with E-state index < -0.39 is 0 Å². The molecule has 0 N–H and O–H groups in total. The highest BCUT2D eigenvalue weighted by molar-refractivity contribution is 7.22. The summed E-state index contributed by atoms with van der Waals surface area (Å²) < 4.78 is 3.37. The van der Waals surface area contributed by atoms with Crippen LogP contribution in [0.1, 0.15) is 24.1 Å². The molecule has 0 unspecified atom stereocenters. The van der Waals surface area contributed by atoms with Gasteiger partial charge in [-0.2, -0.15) is 0 Å². The summed E-state index contributed by atoms with van der Waals surface area (Å²) in [5.41, 5.74) is 5.94. The number of fused-ring (bicyclic) bond motifs is 1. The first-order chi connectivity index (χ1) is 18.6. The molecule has 1 aliphatic rings. The summed E-state index contributed by atoms with van der Waals surface area (Å²) in [5.74, 6) is 0. The molecule has 6 rings (SSSR count). The third-order valence-corrected chi connectivity index (χ3v) is 8.63. The third kappa shape index (κ3) is 5.28. The minimum Gasteiger partial charge on any atom is -0.345 e. The largest absolute Gasteiger partial charge is 0.345 e. The predicted octanol–water partition coefficient (Wildman–Crippen LogP) is 5.86. The number of aromatic nitrogens is 4. The second-order valence-electron chi connectivity index (χ2n) is 10.0. The van der Waals surface area contributed by atoms with E-state index in [1.54, 1.807) is 11.3 Å². The second kappa shape index (κ2) is 10.9. The Bertz CT molecular complexity index is 1440. The Hall–Kier alpha value is -3.75. The standard InChI is InChI=1S/C30H33N7S/c1-34-22-32-19-27(34)21-36-17-13-26(14-18-36)37(30-33-28-5-3-4-6-29(28)38-30)20-23-7-9-24(10-8-23)35(2)25-11-15-31-16-12-25/h3-12,15-16,19,22,26H,13-14,17-18,20-21H2,1-2H3. The van der Waals surface area contributed by atoms with Crippen LogP contribution in [-0.4, -0.2) is 50.6 Å². The molecule has 0 saturated carbocycles. The van der Waals surface area contributed by atoms with Gasteiger partial charge in [-0.25, -0.2) is 9.97 Å². The number of aryl methyl sites for hydroxylation is 1. The molecule has 4 heterocycles. The molecule has 1 aliphatic heterocycles. The Labute approximate surface area is 228 Å². The lowest BCUT2D eigenvalue weighted by molar-refractivity contribution is 0.197. The van der Waals surface area contributed by atoms with E-state index in [1.165, 1.54) is 16.0 Å². The molecule has 0 bridgehead atoms. The number of thiazole rings is 1. The lowest BCUT2D eigenvalue weighted by Crippen LogP contribution is -2.44. The Morgan fingerprint density at radius 1 is 0.921 bits per heavy atom. The predicted molar refractivity (Wildman–Crippen MR) is 156 cm³/mol. The number of nitrogens with zero attached hydrogens (tertiary/aromatic N) is 7. The van der Waals surface area contributed by atoms with Crippen LogP contribution < -0.4 is 9.80 Å². The maximum absolute atomic E-state index is 5.07. The number of hydrogen-bond acceptors (Lipinski definition) is 7. The summed E-state index contributed by atoms with van der Waals surface area (Å²) in [7, 11) is 4.17. The van der Waals surface area contributed by atoms with Crippen molar-refractivity contribution in [3.8, 4) is 0 Å². The number of piperidine rings is 1. The van der Waals surface area contributed by atoms with E-state index in [-0.39, 0.29) is 0 Å². The van der Waals surface area contributed by atoms with Crippen molar-refractivity contribution in [2.24, 2.45) is 7.05 Å². The zero-order valence-corrected chi connectivity index (χ0v) is 22.8. The fraction of sp³-hybridized carbons (Fsp3) is 0.300. The van der Waals surface area contributed by atoms with E-state index >= 15 is 0 Å². The maximum Gasteiger partial charge on any atom is 0.186 e. The molecule has 0 spiro atoms. The highest BCUT2D eigenvalue weighted by Crippen LogP contribution is 2.34. The molecule has 7 nitrogen and oxygen atoms in total. The SMILES string of the molecule is CN(c1ccncc1)c1ccc(CN(c2nc3ccccc3s2)C2CCN(Cc3cncn3C)CC2)cc1. The number of hydrogen-bond donors (Lipinski definition) is 0. The van der Waals surface area contributed by atoms with Crippen LogP contribution in [0.5, 0.6) is 0 Å². The van der Waals surface area contributed by atoms with Crippen LogP contribution in [0.4, 0.5) is 16.5 Å². The molecular formula is C30H33N7S. The van der Waals surface area contributed by atoms with E-state index in [2.05, 4.69) is 91.9 Å². The van der Waals surface area contributed by atoms with Crippen molar-refractivity contribution in [1.82, 2.24) is 24.4 Å². The zero-order chi connectivity index (χ0) is 25.9. The minimum absolute atomic E-state index is 0.456. The van der Waals surface area contributed by atoms with Crippen LogP contribution in [0, 0.1) is 0 Å². The van der Waals surface area contributed by atoms with Gasteiger partial charge in [0, 0.05) is 76.3 Å². The first-order valence-electron chi connectivity index (χ1n) is 13.2. The fourth-order valence-electron chi connectivity index (χ4n) is 5.23. The van der Waals surface area contributed by atoms with Gasteiger partial charge in [0.2, 0.25) is 0 Å². The van der Waals surface area contributed by atoms with Crippen LogP contribution >= 0.6 is 11.3 Å². The highest BCUT2D eigenvalue weighted by atomic mass is 32.1. The van der Waals surface area contributed by atoms with Gasteiger partial charge in [-0.1, -0.05) is 35.6 Å². The first-order valence-corrected chi connectivity index (χ1v) is 14.0. The van der Waals surface area contributed by atoms with Gasteiger partial charge in [-0.05, 0) is 54.8 Å². The summed E-state index contributed by atoms with van der Waals surface area (Å²) in [4.78, 5) is 20.8. The molecule has 8 heteroatoms. The van der Waals surface area contributed by atoms with Gasteiger partial charge < -0.3 is 14.4 Å². The smallest absolute Gasteiger partial charge is 0.186 e. The Morgan fingerprint density at radius 2 is 1.66 bits per heavy atom. The number of pyridine rings is 1. The van der Waals surface area contributed by atoms with Gasteiger partial charge in [0.25, 0.3) is 0 Å². The summed E-state index contributed by atoms with van der Waals surface area (Å²) in [6, 6.07) is 21.9. The average molecular weight is 524 g/mol. The van der Waals surface area contributed by atoms with Crippen LogP contribution in [0.15, 0.2) is 85.6 Å². The molecule has 2 aromatic carbocycles. The molecule has 38 heavy (non-hydrogen) atoms. The van der Waals surface area contributed by atoms with E-state index in [4.69, 9.17) is 4.98 Å². The van der Waals surface area contributed by atoms with Gasteiger partial charge in [0.15, 0.2) is 5.13 Å². The molecule has 0 radical (unpaired) electrons. The summed E-state index contributed by atoms with van der Waals surface area (Å²) in [6.07, 6.45) is 9.77. The summed E-state index contributed by atoms with van der Waals surface area (Å²) >= 11 is 1.81. The molecular weight excluding hydrogens is 490 g/mol. The van der Waals surface area contributed by atoms with Gasteiger partial charge in [-0.15, -0.1) is 0 Å². The van der Waals surface area contributed by atoms with Crippen LogP contribution in [0.2, 0.25) is 0 Å². The van der Waals surface area contributed by atoms with Gasteiger partial charge >= 0.3 is 0 Å². The highest BCUT2D eigenvalue weighted by Gasteiger charge is 2.27. The Kier molecular flexibility index (Phi) is 7.07. The molecule has 0 amide bonds. The molecule has 194 valence electrons. The molecule has 3 aromatic heterocycles. The molecule has 1 fully saturated rings. The van der Waals surface area contributed by atoms with Crippen molar-refractivity contribution in [1.29, 1.82) is 0 Å². The van der Waals surface area contributed by atoms with Crippen molar-refractivity contribution in [3.05, 3.63) is 96.8 Å². The van der Waals surface area contributed by atoms with E-state index in [0.29, 0.717) is 6.04 Å². The van der Waals surface area contributed by atoms with Crippen LogP contribution in [-0.2, 0) is 20.1 Å². The van der Waals surface area contributed by atoms with Gasteiger partial charge in [-0.3, -0.25) is 9.88 Å². The van der Waals surface area contributed by atoms with Crippen molar-refractivity contribution in [2.45, 2.75) is 32.0 Å². The molecule has 1 saturated heterocycles. The van der Waals surface area contributed by atoms with Crippen LogP contribution in [0.3, 0.4) is 0 Å². The zero-order valence-electron chi connectivity index (χ0n) is 21.9. The summed E-state index contributed by atoms with van der Waals surface area (Å²) in [6.45, 7) is 3.96. The van der Waals surface area contributed by atoms with Crippen molar-refractivity contribution in [2.75, 3.05) is 29.9 Å². The van der Waals surface area contributed by atoms with Gasteiger partial charge in [0.05, 0.1) is 22.2 Å². The number of rotatable bonds is 8. The molecule has 0 atom stereocenters. The maximum atomic E-state index is 5.07. The van der Waals surface area contributed by atoms with Crippen molar-refractivity contribution >= 4 is 38.1 Å².